The van der Waals surface area contributed by atoms with Crippen molar-refractivity contribution in [2.75, 3.05) is 0 Å². The van der Waals surface area contributed by atoms with Gasteiger partial charge in [-0.25, -0.2) is 4.57 Å². The number of hydrogen-bond donors (Lipinski definition) is 2. The molecule has 0 atom stereocenters. The molecule has 0 amide bonds. The minimum absolute atomic E-state index is 0. The molecule has 0 fully saturated rings. The van der Waals surface area contributed by atoms with Crippen LogP contribution < -0.4 is 18.6 Å². The molecule has 12 nitrogen and oxygen atoms in total. The van der Waals surface area contributed by atoms with Gasteiger partial charge in [0.15, 0.2) is 17.3 Å². The largest absolute Gasteiger partial charge is 0 e. The Labute approximate surface area is 882 Å². The Hall–Kier alpha value is -12.3. The molecule has 3 radical (unpaired) electrons. The predicted molar refractivity (Wildman–Crippen MR) is 572 cm³/mol. The van der Waals surface area contributed by atoms with Gasteiger partial charge in [-0.05, 0) is 165 Å². The topological polar surface area (TPSA) is 152 Å². The first-order chi connectivity index (χ1) is 70.5. The normalized spacial score (nSPS) is 13.0. The molecule has 0 unspecified atom stereocenters. The molecule has 2 N–H and O–H groups in total. The number of hydrogen-bond acceptors (Lipinski definition) is 9. The van der Waals surface area contributed by atoms with Crippen LogP contribution in [-0.2, 0) is 83.0 Å². The van der Waals surface area contributed by atoms with Gasteiger partial charge in [-0.2, -0.15) is 4.40 Å². The third-order valence-corrected chi connectivity index (χ3v) is 29.6. The average molecular weight is 2450 g/mol. The van der Waals surface area contributed by atoms with E-state index in [0.29, 0.717) is 22.8 Å². The summed E-state index contributed by atoms with van der Waals surface area (Å²) in [5.41, 5.74) is 22.2. The Morgan fingerprint density at radius 1 is 0.540 bits per heavy atom. The van der Waals surface area contributed by atoms with Crippen molar-refractivity contribution in [3.63, 3.8) is 0 Å². The summed E-state index contributed by atoms with van der Waals surface area (Å²) in [4.78, 5) is 43.0. The van der Waals surface area contributed by atoms with Crippen molar-refractivity contribution < 1.29 is 107 Å². The summed E-state index contributed by atoms with van der Waals surface area (Å²) in [6.07, 6.45) is 12.0. The van der Waals surface area contributed by atoms with Gasteiger partial charge >= 0.3 is 105 Å². The van der Waals surface area contributed by atoms with Crippen molar-refractivity contribution in [1.82, 2.24) is 29.5 Å². The van der Waals surface area contributed by atoms with E-state index in [4.69, 9.17) is 36.6 Å². The molecule has 0 bridgehead atoms. The van der Waals surface area contributed by atoms with Gasteiger partial charge in [-0.3, -0.25) is 14.6 Å². The van der Waals surface area contributed by atoms with E-state index in [9.17, 15) is 11.0 Å². The van der Waals surface area contributed by atoms with Crippen LogP contribution in [0.3, 0.4) is 0 Å². The maximum Gasteiger partial charge on any atom is 0 e. The summed E-state index contributed by atoms with van der Waals surface area (Å²) in [5.74, 6) is 8.21. The minimum atomic E-state index is -2.91. The van der Waals surface area contributed by atoms with Crippen LogP contribution in [0, 0.1) is 72.7 Å². The summed E-state index contributed by atoms with van der Waals surface area (Å²) in [7, 11) is -1.48. The number of rotatable bonds is 11. The summed E-state index contributed by atoms with van der Waals surface area (Å²) >= 11 is -1.70. The Balaban J connectivity index is 0.000000173. The third kappa shape index (κ3) is 25.7. The molecule has 0 saturated carbocycles. The monoisotopic (exact) mass is 2460 g/mol. The van der Waals surface area contributed by atoms with E-state index in [1.54, 1.807) is 4.40 Å². The van der Waals surface area contributed by atoms with Crippen molar-refractivity contribution in [2.24, 2.45) is 0 Å². The summed E-state index contributed by atoms with van der Waals surface area (Å²) in [5, 5.41) is 25.9. The number of aliphatic hydroxyl groups excluding tert-OH is 2. The van der Waals surface area contributed by atoms with Gasteiger partial charge in [0.2, 0.25) is 0 Å². The van der Waals surface area contributed by atoms with E-state index < -0.39 is 45.8 Å². The van der Waals surface area contributed by atoms with Gasteiger partial charge in [0.25, 0.3) is 5.65 Å². The van der Waals surface area contributed by atoms with E-state index in [1.807, 2.05) is 98.4 Å². The average Bonchev–Trinajstić information content (AvgIpc) is 1.50. The number of carbonyl (C=O) groups excluding carboxylic acids is 2. The van der Waals surface area contributed by atoms with E-state index in [2.05, 4.69) is 275 Å². The standard InChI is InChI=1S/C25H21N2.C23H26N.C20H20NSi.C17H11N2.C15H18GeN.C12H10N.2C5H8O2.3Ir/c1-15-10-11-21-20(12-15)19-9-5-8-18-13-26-14-22(27(21)25(26)24(18)19)23-16(2)6-4-7-17(23)3;1-14(2)18-12-21(15(3)4)20-7-8-24-23(22(20)13-18)19-10-16(5)9-17(6)11-19;1-22(2,3)20-14-19(17-12-8-5-9-13-17)21-15-18(20)16-10-6-4-7-11-16;1-11-10-18-16-14-8-4-2-6-12(14)13-7-3-5-9-15(13)17(16)19-11;1-16(2,3)13-8-9-15-14-7-5-4-6-12(14)10-17(15)11-13;1-10-6-5-9-13-12(10)11-7-3-2-4-8-11;2*1-4(6)3-5(2)7;;;/h4-12,14H,13H2,1-3H3;7-10,12-15H,1-6H3;4-12,14-15H,1-3H3;2-7,9-10H,1H3;4-9,11H,10H2,1-3H3;2-7,9H,1H3;2*3,6H,1-2H3;;;/q+1;3*-1;+1;-1;;;;;/i2D3,4D,5D,6D,7D,8D,9D,10D,11D,12D,14D;;;;;;;;;;. The van der Waals surface area contributed by atoms with Crippen LogP contribution in [0.4, 0.5) is 0 Å². The van der Waals surface area contributed by atoms with Crippen molar-refractivity contribution in [1.29, 1.82) is 0 Å². The number of aliphatic hydroxyl groups is 2. The molecule has 0 saturated heterocycles. The van der Waals surface area contributed by atoms with Crippen LogP contribution in [0.5, 0.6) is 0 Å². The number of fused-ring (bicyclic) bond motifs is 13. The molecule has 9 heterocycles. The number of pyridine rings is 5. The molecule has 711 valence electrons. The second-order valence-corrected chi connectivity index (χ2v) is 52.7. The molecule has 19 aromatic rings. The second-order valence-electron chi connectivity index (χ2n) is 37.0. The number of aryl methyl sites for hydroxylation is 4. The minimum Gasteiger partial charge on any atom is 0 e. The van der Waals surface area contributed by atoms with Crippen molar-refractivity contribution in [3.05, 3.63) is 407 Å². The van der Waals surface area contributed by atoms with Crippen LogP contribution in [0.15, 0.2) is 321 Å². The molecule has 17 heteroatoms. The van der Waals surface area contributed by atoms with Crippen molar-refractivity contribution in [3.8, 4) is 67.4 Å². The van der Waals surface area contributed by atoms with Gasteiger partial charge in [0, 0.05) is 129 Å². The van der Waals surface area contributed by atoms with Gasteiger partial charge in [-0.15, -0.1) is 136 Å². The fourth-order valence-corrected chi connectivity index (χ4v) is 20.9. The molecule has 2 aliphatic heterocycles. The number of imidazole rings is 1. The number of ketones is 2. The van der Waals surface area contributed by atoms with Crippen LogP contribution in [0.25, 0.3) is 138 Å². The summed E-state index contributed by atoms with van der Waals surface area (Å²) in [6.45, 7) is 31.1. The molecule has 2 aliphatic rings. The quantitative estimate of drug-likeness (QED) is 0.0322. The number of allylic oxidation sites excluding steroid dienone is 4. The number of nitrogens with zero attached hydrogens (tertiary/aromatic N) is 8. The fraction of sp³-hybridized carbons (Fsp3) is 0.205. The molecular formula is C122H122GeIr3N8O4Si-2. The Kier molecular flexibility index (Phi) is 30.6. The smallest absolute Gasteiger partial charge is 0 e. The first-order valence-electron chi connectivity index (χ1n) is 52.2. The molecule has 0 spiro atoms. The van der Waals surface area contributed by atoms with Crippen LogP contribution in [-0.4, -0.2) is 72.6 Å². The van der Waals surface area contributed by atoms with E-state index >= 15 is 0 Å². The third-order valence-electron chi connectivity index (χ3n) is 23.3. The Bertz CT molecular complexity index is 8410. The zero-order valence-corrected chi connectivity index (χ0v) is 92.3. The molecule has 7 aromatic heterocycles. The fourth-order valence-electron chi connectivity index (χ4n) is 17.0. The summed E-state index contributed by atoms with van der Waals surface area (Å²) in [6, 6.07) is 81.6. The van der Waals surface area contributed by atoms with E-state index in [0.717, 1.165) is 73.4 Å². The van der Waals surface area contributed by atoms with Crippen LogP contribution in [0.1, 0.15) is 146 Å². The van der Waals surface area contributed by atoms with Crippen LogP contribution in [0.2, 0.25) is 36.9 Å². The molecule has 21 rings (SSSR count). The maximum absolute atomic E-state index is 10.0. The van der Waals surface area contributed by atoms with E-state index in [1.165, 1.54) is 140 Å². The van der Waals surface area contributed by atoms with Crippen molar-refractivity contribution >= 4 is 113 Å². The molecule has 139 heavy (non-hydrogen) atoms. The number of carbonyl (C=O) groups is 2. The van der Waals surface area contributed by atoms with Crippen molar-refractivity contribution in [2.45, 2.75) is 166 Å². The Morgan fingerprint density at radius 3 is 1.84 bits per heavy atom. The molecule has 0 aliphatic carbocycles. The van der Waals surface area contributed by atoms with Gasteiger partial charge in [0.05, 0.1) is 48.5 Å². The second kappa shape index (κ2) is 47.6. The zero-order valence-electron chi connectivity index (χ0n) is 95.0. The SMILES string of the molecule is CC(=O)C=C(C)O.CC(=O)C=C(C)O.C[Si](C)(C)c1cc(-c2[c-]cccc2)ncc1-c1ccccc1.Cc1[c-]c(-c2nccc3c(C(C)C)cc(C(C)C)cc23)cc(C)c1.Cc1cccnc1-c1[c-]cccc1.Cc1cnc2c3[c-]cccc3c3ccccc3c2n1.[2H]c1c([2H])c(C)c(-c2c([2H])n3c4c5c(c([2H])c([2H])c([2H])c5c5c([2H])c(C)c([2H])c([2H])c5[n+]24)C3)c(C([2H])([2H])[2H])c1[2H].[CH3][Ge]([CH3])([CH3])[c]1ccc2[n+](c1)Cc1ccccc1-2.[Ir].[Ir].[Ir]. The molecular weight excluding hydrogens is 2320 g/mol. The first-order valence-corrected chi connectivity index (χ1v) is 56.5. The van der Waals surface area contributed by atoms with Crippen LogP contribution >= 0.6 is 0 Å². The predicted octanol–water partition coefficient (Wildman–Crippen LogP) is 28.3. The first kappa shape index (κ1) is 89.3. The maximum atomic E-state index is 10.0. The number of benzene rings is 12. The zero-order chi connectivity index (χ0) is 108. The van der Waals surface area contributed by atoms with Gasteiger partial charge in [-0.1, -0.05) is 209 Å². The van der Waals surface area contributed by atoms with Gasteiger partial charge < -0.3 is 30.1 Å². The van der Waals surface area contributed by atoms with Gasteiger partial charge in [0.1, 0.15) is 19.6 Å². The Morgan fingerprint density at radius 2 is 1.19 bits per heavy atom. The molecule has 12 aromatic carbocycles. The summed E-state index contributed by atoms with van der Waals surface area (Å²) < 4.78 is 118. The number of aromatic nitrogens is 8. The van der Waals surface area contributed by atoms with E-state index in [-0.39, 0.29) is 183 Å².